The van der Waals surface area contributed by atoms with E-state index >= 15 is 0 Å². The second kappa shape index (κ2) is 42.8. The van der Waals surface area contributed by atoms with Gasteiger partial charge >= 0.3 is 41.8 Å². The predicted octanol–water partition coefficient (Wildman–Crippen LogP) is 15.6. The van der Waals surface area contributed by atoms with Crippen LogP contribution in [0.15, 0.2) is 153 Å². The SMILES string of the molecule is C=CC(=O)OCCCCCCCCCCCOc1ccc(C(=O)Oc2ccc(OC(=O)c3ccc(OCCCCCCCCCCCOC(=O)C=C)cc3)c(C(=O)OCc3ccc(OC(=O)c4ccc(OCCCCCCOC(=O)C=C)cc4)cc3)c2)cc1. The summed E-state index contributed by atoms with van der Waals surface area (Å²) in [5.41, 5.74) is 1.13. The van der Waals surface area contributed by atoms with Gasteiger partial charge in [0.1, 0.15) is 46.7 Å². The van der Waals surface area contributed by atoms with E-state index in [4.69, 9.17) is 47.4 Å². The zero-order chi connectivity index (χ0) is 63.5. The Morgan fingerprint density at radius 3 is 0.933 bits per heavy atom. The largest absolute Gasteiger partial charge is 0.494 e. The molecule has 0 atom stereocenters. The Kier molecular flexibility index (Phi) is 34.0. The second-order valence-electron chi connectivity index (χ2n) is 21.1. The molecule has 0 spiro atoms. The third-order valence-electron chi connectivity index (χ3n) is 14.0. The molecule has 0 saturated heterocycles. The quantitative estimate of drug-likeness (QED) is 0.0116. The van der Waals surface area contributed by atoms with E-state index < -0.39 is 29.8 Å². The lowest BCUT2D eigenvalue weighted by atomic mass is 10.1. The van der Waals surface area contributed by atoms with Crippen molar-refractivity contribution in [3.63, 3.8) is 0 Å². The van der Waals surface area contributed by atoms with E-state index in [1.807, 2.05) is 0 Å². The highest BCUT2D eigenvalue weighted by molar-refractivity contribution is 5.97. The van der Waals surface area contributed by atoms with Crippen LogP contribution < -0.4 is 28.4 Å². The van der Waals surface area contributed by atoms with Gasteiger partial charge in [-0.05, 0) is 160 Å². The standard InChI is InChI=1S/C72H86O17/c1-4-66(73)83-50-26-19-15-11-7-9-13-17-23-47-80-60-41-33-57(34-42-60)70(77)88-63-45-46-65(89-71(78)58-35-43-61(44-36-58)81-48-24-18-14-10-8-12-16-20-27-51-84-67(74)5-2)64(53-63)72(79)86-54-55-29-37-62(38-30-55)87-69(76)56-31-39-59(40-32-56)82-49-25-21-22-28-52-85-68(75)6-3/h4-6,29-46,53H,1-3,7-28,47-52,54H2. The fourth-order valence-electron chi connectivity index (χ4n) is 8.96. The summed E-state index contributed by atoms with van der Waals surface area (Å²) >= 11 is 0. The Hall–Kier alpha value is -8.99. The van der Waals surface area contributed by atoms with Gasteiger partial charge in [0, 0.05) is 18.2 Å². The van der Waals surface area contributed by atoms with Gasteiger partial charge in [0.05, 0.1) is 56.3 Å². The van der Waals surface area contributed by atoms with Crippen molar-refractivity contribution in [1.29, 1.82) is 0 Å². The topological polar surface area (TPSA) is 212 Å². The van der Waals surface area contributed by atoms with Crippen LogP contribution in [-0.2, 0) is 39.9 Å². The molecule has 5 aromatic rings. The highest BCUT2D eigenvalue weighted by atomic mass is 16.6. The highest BCUT2D eigenvalue weighted by Gasteiger charge is 2.22. The van der Waals surface area contributed by atoms with E-state index in [1.165, 1.54) is 30.4 Å². The zero-order valence-electron chi connectivity index (χ0n) is 51.3. The molecule has 17 heteroatoms. The van der Waals surface area contributed by atoms with Gasteiger partial charge in [-0.3, -0.25) is 0 Å². The monoisotopic (exact) mass is 1220 g/mol. The number of hydrogen-bond donors (Lipinski definition) is 0. The summed E-state index contributed by atoms with van der Waals surface area (Å²) in [5.74, 6) is -2.17. The molecule has 0 aliphatic heterocycles. The first-order chi connectivity index (χ1) is 43.4. The third kappa shape index (κ3) is 29.5. The lowest BCUT2D eigenvalue weighted by Gasteiger charge is -2.13. The number of carbonyl (C=O) groups excluding carboxylic acids is 7. The number of rotatable bonds is 46. The first kappa shape index (κ1) is 70.8. The van der Waals surface area contributed by atoms with Gasteiger partial charge in [-0.15, -0.1) is 0 Å². The molecule has 0 bridgehead atoms. The molecule has 0 saturated carbocycles. The van der Waals surface area contributed by atoms with Gasteiger partial charge < -0.3 is 47.4 Å². The molecule has 5 aromatic carbocycles. The minimum Gasteiger partial charge on any atom is -0.494 e. The summed E-state index contributed by atoms with van der Waals surface area (Å²) < 4.78 is 55.5. The molecule has 0 N–H and O–H groups in total. The van der Waals surface area contributed by atoms with Crippen molar-refractivity contribution in [2.24, 2.45) is 0 Å². The Morgan fingerprint density at radius 2 is 0.584 bits per heavy atom. The van der Waals surface area contributed by atoms with E-state index in [1.54, 1.807) is 97.1 Å². The minimum atomic E-state index is -0.874. The van der Waals surface area contributed by atoms with Gasteiger partial charge in [0.15, 0.2) is 0 Å². The Balaban J connectivity index is 1.10. The van der Waals surface area contributed by atoms with Crippen molar-refractivity contribution in [2.45, 2.75) is 148 Å². The molecule has 0 aromatic heterocycles. The summed E-state index contributed by atoms with van der Waals surface area (Å²) in [6.07, 6.45) is 25.8. The van der Waals surface area contributed by atoms with Gasteiger partial charge in [0.2, 0.25) is 0 Å². The van der Waals surface area contributed by atoms with Crippen molar-refractivity contribution in [3.8, 4) is 34.5 Å². The first-order valence-electron chi connectivity index (χ1n) is 31.1. The normalized spacial score (nSPS) is 10.7. The van der Waals surface area contributed by atoms with E-state index in [-0.39, 0.29) is 52.5 Å². The average Bonchev–Trinajstić information content (AvgIpc) is 2.36. The Bertz CT molecular complexity index is 2970. The summed E-state index contributed by atoms with van der Waals surface area (Å²) in [6, 6.07) is 30.1. The number of hydrogen-bond acceptors (Lipinski definition) is 17. The van der Waals surface area contributed by atoms with Crippen LogP contribution in [0.25, 0.3) is 0 Å². The number of ether oxygens (including phenoxy) is 10. The van der Waals surface area contributed by atoms with Crippen LogP contribution in [0.3, 0.4) is 0 Å². The van der Waals surface area contributed by atoms with Gasteiger partial charge in [-0.25, -0.2) is 33.6 Å². The van der Waals surface area contributed by atoms with E-state index in [0.29, 0.717) is 68.0 Å². The summed E-state index contributed by atoms with van der Waals surface area (Å²) in [7, 11) is 0. The van der Waals surface area contributed by atoms with Crippen LogP contribution in [0.5, 0.6) is 34.5 Å². The van der Waals surface area contributed by atoms with Crippen molar-refractivity contribution in [1.82, 2.24) is 0 Å². The van der Waals surface area contributed by atoms with Gasteiger partial charge in [-0.2, -0.15) is 0 Å². The van der Waals surface area contributed by atoms with E-state index in [2.05, 4.69) is 19.7 Å². The Morgan fingerprint density at radius 1 is 0.292 bits per heavy atom. The van der Waals surface area contributed by atoms with E-state index in [0.717, 1.165) is 147 Å². The lowest BCUT2D eigenvalue weighted by Crippen LogP contribution is -2.14. The van der Waals surface area contributed by atoms with Crippen molar-refractivity contribution < 1.29 is 80.9 Å². The molecule has 89 heavy (non-hydrogen) atoms. The Labute approximate surface area is 523 Å². The summed E-state index contributed by atoms with van der Waals surface area (Å²) in [5, 5.41) is 0. The van der Waals surface area contributed by atoms with Crippen molar-refractivity contribution in [2.75, 3.05) is 39.6 Å². The summed E-state index contributed by atoms with van der Waals surface area (Å²) in [4.78, 5) is 87.4. The molecular formula is C72H86O17. The molecule has 0 aliphatic rings. The second-order valence-corrected chi connectivity index (χ2v) is 21.1. The fourth-order valence-corrected chi connectivity index (χ4v) is 8.96. The molecule has 0 amide bonds. The number of esters is 7. The molecule has 0 radical (unpaired) electrons. The molecule has 17 nitrogen and oxygen atoms in total. The van der Waals surface area contributed by atoms with Gasteiger partial charge in [0.25, 0.3) is 0 Å². The zero-order valence-corrected chi connectivity index (χ0v) is 51.3. The molecule has 0 heterocycles. The van der Waals surface area contributed by atoms with Crippen LogP contribution >= 0.6 is 0 Å². The minimum absolute atomic E-state index is 0.00478. The number of unbranched alkanes of at least 4 members (excludes halogenated alkanes) is 19. The summed E-state index contributed by atoms with van der Waals surface area (Å²) in [6.45, 7) is 12.7. The van der Waals surface area contributed by atoms with Crippen molar-refractivity contribution in [3.05, 3.63) is 181 Å². The molecule has 0 unspecified atom stereocenters. The van der Waals surface area contributed by atoms with Crippen LogP contribution in [0.4, 0.5) is 0 Å². The fraction of sp³-hybridized carbons (Fsp3) is 0.403. The highest BCUT2D eigenvalue weighted by Crippen LogP contribution is 2.29. The average molecular weight is 1220 g/mol. The van der Waals surface area contributed by atoms with Gasteiger partial charge in [-0.1, -0.05) is 122 Å². The smallest absolute Gasteiger partial charge is 0.343 e. The third-order valence-corrected chi connectivity index (χ3v) is 14.0. The first-order valence-corrected chi connectivity index (χ1v) is 31.1. The van der Waals surface area contributed by atoms with Crippen LogP contribution in [0.1, 0.15) is 188 Å². The maximum atomic E-state index is 13.9. The van der Waals surface area contributed by atoms with Crippen LogP contribution in [0.2, 0.25) is 0 Å². The molecular weight excluding hydrogens is 1140 g/mol. The molecule has 0 aliphatic carbocycles. The molecule has 5 rings (SSSR count). The maximum Gasteiger partial charge on any atom is 0.343 e. The maximum absolute atomic E-state index is 13.9. The molecule has 0 fully saturated rings. The number of carbonyl (C=O) groups is 7. The van der Waals surface area contributed by atoms with Crippen molar-refractivity contribution >= 4 is 41.8 Å². The molecule has 476 valence electrons. The lowest BCUT2D eigenvalue weighted by molar-refractivity contribution is -0.138. The van der Waals surface area contributed by atoms with Crippen LogP contribution in [0, 0.1) is 0 Å². The number of benzene rings is 5. The van der Waals surface area contributed by atoms with Crippen LogP contribution in [-0.4, -0.2) is 81.4 Å². The predicted molar refractivity (Wildman–Crippen MR) is 338 cm³/mol. The van der Waals surface area contributed by atoms with E-state index in [9.17, 15) is 33.6 Å².